The molecule has 0 aliphatic carbocycles. The van der Waals surface area contributed by atoms with Crippen molar-refractivity contribution in [1.29, 1.82) is 0 Å². The van der Waals surface area contributed by atoms with E-state index in [0.29, 0.717) is 33.8 Å². The normalized spacial score (nSPS) is 14.1. The molecule has 0 radical (unpaired) electrons. The van der Waals surface area contributed by atoms with Crippen LogP contribution in [0.4, 0.5) is 0 Å². The van der Waals surface area contributed by atoms with Crippen molar-refractivity contribution in [2.24, 2.45) is 0 Å². The van der Waals surface area contributed by atoms with Crippen LogP contribution < -0.4 is 4.74 Å². The minimum absolute atomic E-state index is 0.194. The minimum Gasteiger partial charge on any atom is -0.507 e. The number of fused-ring (bicyclic) bond motifs is 2. The number of hydrogen-bond donors (Lipinski definition) is 4. The summed E-state index contributed by atoms with van der Waals surface area (Å²) in [6.07, 6.45) is 0. The lowest BCUT2D eigenvalue weighted by atomic mass is 9.70. The Morgan fingerprint density at radius 1 is 0.379 bits per heavy atom. The van der Waals surface area contributed by atoms with E-state index in [1.165, 1.54) is 0 Å². The van der Waals surface area contributed by atoms with Crippen LogP contribution in [0.5, 0.6) is 34.5 Å². The van der Waals surface area contributed by atoms with E-state index in [1.54, 1.807) is 0 Å². The van der Waals surface area contributed by atoms with E-state index in [-0.39, 0.29) is 44.7 Å². The largest absolute Gasteiger partial charge is 0.507 e. The second kappa shape index (κ2) is 16.3. The van der Waals surface area contributed by atoms with Gasteiger partial charge in [-0.15, -0.1) is 0 Å². The predicted octanol–water partition coefficient (Wildman–Crippen LogP) is 15.7. The molecule has 6 aromatic rings. The van der Waals surface area contributed by atoms with Crippen LogP contribution in [0.25, 0.3) is 0 Å². The molecule has 0 unspecified atom stereocenters. The lowest BCUT2D eigenvalue weighted by Crippen LogP contribution is -2.27. The molecule has 0 saturated heterocycles. The molecule has 5 nitrogen and oxygen atoms in total. The molecule has 0 spiro atoms. The molecule has 0 saturated carbocycles. The Hall–Kier alpha value is -5.68. The van der Waals surface area contributed by atoms with Crippen molar-refractivity contribution in [2.75, 3.05) is 0 Å². The summed E-state index contributed by atoms with van der Waals surface area (Å²) >= 11 is 0. The molecule has 5 heteroatoms. The molecule has 0 bridgehead atoms. The van der Waals surface area contributed by atoms with Gasteiger partial charge in [0.1, 0.15) is 34.5 Å². The first-order valence-corrected chi connectivity index (χ1v) is 23.6. The van der Waals surface area contributed by atoms with Gasteiger partial charge in [0.05, 0.1) is 0 Å². The van der Waals surface area contributed by atoms with Crippen LogP contribution in [-0.4, -0.2) is 20.4 Å². The van der Waals surface area contributed by atoms with Crippen LogP contribution in [0.2, 0.25) is 0 Å². The van der Waals surface area contributed by atoms with Crippen LogP contribution in [0.15, 0.2) is 84.9 Å². The van der Waals surface area contributed by atoms with Crippen molar-refractivity contribution >= 4 is 0 Å². The number of benzene rings is 6. The number of ether oxygens (including phenoxy) is 1. The first-order chi connectivity index (χ1) is 30.3. The Kier molecular flexibility index (Phi) is 11.9. The fourth-order valence-electron chi connectivity index (χ4n) is 10.4. The molecule has 0 amide bonds. The monoisotopic (exact) mass is 887 g/mol. The van der Waals surface area contributed by atoms with Crippen molar-refractivity contribution in [3.63, 3.8) is 0 Å². The van der Waals surface area contributed by atoms with Crippen LogP contribution in [0, 0.1) is 27.7 Å². The number of rotatable bonds is 6. The maximum Gasteiger partial charge on any atom is 0.135 e. The van der Waals surface area contributed by atoms with E-state index in [4.69, 9.17) is 4.74 Å². The summed E-state index contributed by atoms with van der Waals surface area (Å²) in [4.78, 5) is 0. The molecule has 0 aromatic heterocycles. The molecule has 6 aromatic carbocycles. The molecule has 1 aliphatic heterocycles. The molecular formula is C61H74O5. The minimum atomic E-state index is -0.646. The van der Waals surface area contributed by atoms with Crippen LogP contribution >= 0.6 is 0 Å². The molecular weight excluding hydrogens is 813 g/mol. The highest BCUT2D eigenvalue weighted by molar-refractivity contribution is 5.70. The third-order valence-electron chi connectivity index (χ3n) is 13.9. The zero-order valence-corrected chi connectivity index (χ0v) is 42.9. The number of phenolic OH excluding ortho intramolecular Hbond substituents is 4. The van der Waals surface area contributed by atoms with E-state index >= 15 is 0 Å². The third kappa shape index (κ3) is 8.48. The Bertz CT molecular complexity index is 2550. The zero-order valence-electron chi connectivity index (χ0n) is 42.9. The molecule has 1 heterocycles. The Labute approximate surface area is 395 Å². The maximum absolute atomic E-state index is 12.6. The zero-order chi connectivity index (χ0) is 49.0. The molecule has 348 valence electrons. The number of para-hydroxylation sites is 2. The predicted molar refractivity (Wildman–Crippen MR) is 273 cm³/mol. The SMILES string of the molecule is Cc1cc(C(c2cc(C)cc(C(C)(C)C)c2O)c2cccc3c2Oc2c(C(c4cc(C)cc(C(C)(C)C)c4O)c4cc(C)cc(C(C)(C)C)c4O)cccc2C3(C)C)c(O)c(C(C)(C)C)c1. The van der Waals surface area contributed by atoms with Crippen LogP contribution in [0.1, 0.15) is 198 Å². The van der Waals surface area contributed by atoms with E-state index in [9.17, 15) is 20.4 Å². The second-order valence-electron chi connectivity index (χ2n) is 24.0. The quantitative estimate of drug-likeness (QED) is 0.125. The summed E-state index contributed by atoms with van der Waals surface area (Å²) in [6.45, 7) is 38.0. The summed E-state index contributed by atoms with van der Waals surface area (Å²) in [7, 11) is 0. The molecule has 4 N–H and O–H groups in total. The van der Waals surface area contributed by atoms with Gasteiger partial charge in [-0.2, -0.15) is 0 Å². The number of aromatic hydroxyl groups is 4. The number of hydrogen-bond acceptors (Lipinski definition) is 5. The van der Waals surface area contributed by atoms with Gasteiger partial charge in [-0.25, -0.2) is 0 Å². The average Bonchev–Trinajstić information content (AvgIpc) is 3.18. The summed E-state index contributed by atoms with van der Waals surface area (Å²) in [5, 5.41) is 50.2. The van der Waals surface area contributed by atoms with Crippen molar-refractivity contribution in [3.05, 3.63) is 174 Å². The lowest BCUT2D eigenvalue weighted by molar-refractivity contribution is 0.402. The van der Waals surface area contributed by atoms with Gasteiger partial charge in [0, 0.05) is 61.8 Å². The lowest BCUT2D eigenvalue weighted by Gasteiger charge is -2.39. The fraction of sp³-hybridized carbons (Fsp3) is 0.410. The van der Waals surface area contributed by atoms with Crippen LogP contribution in [-0.2, 0) is 27.1 Å². The van der Waals surface area contributed by atoms with E-state index < -0.39 is 17.3 Å². The van der Waals surface area contributed by atoms with Gasteiger partial charge in [0.25, 0.3) is 0 Å². The topological polar surface area (TPSA) is 90.2 Å². The molecule has 0 fully saturated rings. The fourth-order valence-corrected chi connectivity index (χ4v) is 10.4. The Balaban J connectivity index is 1.60. The van der Waals surface area contributed by atoms with Crippen molar-refractivity contribution in [2.45, 2.75) is 164 Å². The van der Waals surface area contributed by atoms with E-state index in [0.717, 1.165) is 66.8 Å². The van der Waals surface area contributed by atoms with Crippen molar-refractivity contribution in [1.82, 2.24) is 0 Å². The number of phenols is 4. The number of aryl methyl sites for hydroxylation is 4. The highest BCUT2D eigenvalue weighted by atomic mass is 16.5. The van der Waals surface area contributed by atoms with E-state index in [1.807, 2.05) is 0 Å². The summed E-state index contributed by atoms with van der Waals surface area (Å²) < 4.78 is 7.57. The third-order valence-corrected chi connectivity index (χ3v) is 13.9. The van der Waals surface area contributed by atoms with Gasteiger partial charge in [-0.3, -0.25) is 0 Å². The van der Waals surface area contributed by atoms with Gasteiger partial charge < -0.3 is 25.2 Å². The first-order valence-electron chi connectivity index (χ1n) is 23.6. The summed E-state index contributed by atoms with van der Waals surface area (Å²) in [5.41, 5.74) is 11.5. The Morgan fingerprint density at radius 3 is 0.848 bits per heavy atom. The van der Waals surface area contributed by atoms with Gasteiger partial charge in [-0.1, -0.05) is 204 Å². The van der Waals surface area contributed by atoms with Gasteiger partial charge >= 0.3 is 0 Å². The van der Waals surface area contributed by atoms with Crippen LogP contribution in [0.3, 0.4) is 0 Å². The van der Waals surface area contributed by atoms with Crippen molar-refractivity contribution in [3.8, 4) is 34.5 Å². The maximum atomic E-state index is 12.6. The first kappa shape index (κ1) is 48.3. The van der Waals surface area contributed by atoms with Gasteiger partial charge in [0.2, 0.25) is 0 Å². The van der Waals surface area contributed by atoms with Gasteiger partial charge in [0.15, 0.2) is 0 Å². The highest BCUT2D eigenvalue weighted by Crippen LogP contribution is 2.58. The smallest absolute Gasteiger partial charge is 0.135 e. The molecule has 0 atom stereocenters. The molecule has 7 rings (SSSR count). The summed E-state index contributed by atoms with van der Waals surface area (Å²) in [5.74, 6) is 0.781. The van der Waals surface area contributed by atoms with Crippen molar-refractivity contribution < 1.29 is 25.2 Å². The standard InChI is InChI=1S/C61H74O5/c1-33-25-39(51(62)45(29-33)57(5,6)7)49(40-26-34(2)30-46(52(40)63)58(8,9)10)37-21-19-23-43-55(37)66-56-38(22-20-24-44(56)61(43,17)18)50(41-27-35(3)31-47(53(41)64)59(11,12)13)42-28-36(4)32-48(54(42)65)60(14,15)16/h19-32,49-50,62-65H,1-18H3. The Morgan fingerprint density at radius 2 is 0.621 bits per heavy atom. The second-order valence-corrected chi connectivity index (χ2v) is 24.0. The molecule has 1 aliphatic rings. The molecule has 66 heavy (non-hydrogen) atoms. The van der Waals surface area contributed by atoms with E-state index in [2.05, 4.69) is 210 Å². The van der Waals surface area contributed by atoms with Gasteiger partial charge in [-0.05, 0) is 71.6 Å². The average molecular weight is 887 g/mol. The summed E-state index contributed by atoms with van der Waals surface area (Å²) in [6, 6.07) is 29.0. The highest BCUT2D eigenvalue weighted by Gasteiger charge is 2.42.